The van der Waals surface area contributed by atoms with Crippen LogP contribution in [-0.4, -0.2) is 60.7 Å². The van der Waals surface area contributed by atoms with Crippen LogP contribution in [0.15, 0.2) is 34.4 Å². The Hall–Kier alpha value is -3.47. The van der Waals surface area contributed by atoms with Crippen molar-refractivity contribution in [3.05, 3.63) is 41.3 Å². The van der Waals surface area contributed by atoms with Gasteiger partial charge in [-0.3, -0.25) is 4.79 Å². The molecule has 6 rings (SSSR count). The third-order valence-electron chi connectivity index (χ3n) is 6.78. The van der Waals surface area contributed by atoms with E-state index in [0.717, 1.165) is 28.9 Å². The Morgan fingerprint density at radius 1 is 1.20 bits per heavy atom. The van der Waals surface area contributed by atoms with Crippen LogP contribution >= 0.6 is 11.3 Å². The van der Waals surface area contributed by atoms with Crippen molar-refractivity contribution in [1.82, 2.24) is 29.6 Å². The number of nitrogens with zero attached hydrogens (tertiary/aromatic N) is 6. The lowest BCUT2D eigenvalue weighted by atomic mass is 10.0. The molecule has 182 valence electrons. The first-order valence-electron chi connectivity index (χ1n) is 12.1. The highest BCUT2D eigenvalue weighted by molar-refractivity contribution is 7.16. The van der Waals surface area contributed by atoms with Crippen LogP contribution in [0.4, 0.5) is 11.7 Å². The minimum absolute atomic E-state index is 0.0701. The summed E-state index contributed by atoms with van der Waals surface area (Å²) in [5.74, 6) is 2.47. The van der Waals surface area contributed by atoms with Crippen LogP contribution in [0.5, 0.6) is 0 Å². The number of amides is 1. The highest BCUT2D eigenvalue weighted by atomic mass is 32.1. The van der Waals surface area contributed by atoms with Gasteiger partial charge >= 0.3 is 0 Å². The number of hydrogen-bond donors (Lipinski definition) is 2. The number of aromatic nitrogens is 5. The molecule has 11 heteroatoms. The monoisotopic (exact) mass is 492 g/mol. The third kappa shape index (κ3) is 4.60. The summed E-state index contributed by atoms with van der Waals surface area (Å²) in [5, 5.41) is 17.2. The standard InChI is InChI=1S/C24H28N8O2S/c1-14-11-21(34-30-14)27-17-5-7-31(8-6-17)23(33)19-12-20(26-15(2)16-3-4-16)29-22(28-19)18-13-25-32-9-10-35-24(18)32/h9-13,15-17,27H,3-8H2,1-2H3,(H,26,28,29)/t15-/m0/s1. The van der Waals surface area contributed by atoms with Crippen molar-refractivity contribution in [1.29, 1.82) is 0 Å². The van der Waals surface area contributed by atoms with Crippen molar-refractivity contribution in [3.63, 3.8) is 0 Å². The van der Waals surface area contributed by atoms with E-state index in [4.69, 9.17) is 14.5 Å². The molecule has 1 aliphatic heterocycles. The minimum atomic E-state index is -0.0701. The molecule has 35 heavy (non-hydrogen) atoms. The fourth-order valence-corrected chi connectivity index (χ4v) is 5.39. The Balaban J connectivity index is 1.22. The van der Waals surface area contributed by atoms with Gasteiger partial charge in [-0.05, 0) is 45.4 Å². The molecule has 2 fully saturated rings. The van der Waals surface area contributed by atoms with Crippen LogP contribution in [0, 0.1) is 12.8 Å². The van der Waals surface area contributed by atoms with Crippen LogP contribution in [0.2, 0.25) is 0 Å². The number of thiazole rings is 1. The zero-order valence-electron chi connectivity index (χ0n) is 19.8. The maximum absolute atomic E-state index is 13.5. The number of anilines is 2. The highest BCUT2D eigenvalue weighted by Crippen LogP contribution is 2.34. The molecule has 10 nitrogen and oxygen atoms in total. The molecule has 0 unspecified atom stereocenters. The van der Waals surface area contributed by atoms with Crippen molar-refractivity contribution >= 4 is 33.8 Å². The number of likely N-dealkylation sites (tertiary alicyclic amines) is 1. The normalized spacial score (nSPS) is 17.6. The second-order valence-electron chi connectivity index (χ2n) is 9.49. The fourth-order valence-electron chi connectivity index (χ4n) is 4.60. The lowest BCUT2D eigenvalue weighted by molar-refractivity contribution is 0.0712. The molecule has 1 atom stereocenters. The second kappa shape index (κ2) is 8.95. The molecule has 5 heterocycles. The third-order valence-corrected chi connectivity index (χ3v) is 7.67. The van der Waals surface area contributed by atoms with Gasteiger partial charge in [-0.2, -0.15) is 5.10 Å². The maximum atomic E-state index is 13.5. The molecule has 2 aliphatic rings. The number of carbonyl (C=O) groups excluding carboxylic acids is 1. The summed E-state index contributed by atoms with van der Waals surface area (Å²) in [5.41, 5.74) is 2.09. The number of carbonyl (C=O) groups is 1. The fraction of sp³-hybridized carbons (Fsp3) is 0.458. The molecule has 1 aliphatic carbocycles. The van der Waals surface area contributed by atoms with Crippen LogP contribution in [0.3, 0.4) is 0 Å². The quantitative estimate of drug-likeness (QED) is 0.397. The summed E-state index contributed by atoms with van der Waals surface area (Å²) >= 11 is 1.58. The first-order valence-corrected chi connectivity index (χ1v) is 13.0. The van der Waals surface area contributed by atoms with Gasteiger partial charge in [0.05, 0.1) is 17.5 Å². The van der Waals surface area contributed by atoms with Crippen molar-refractivity contribution < 1.29 is 9.32 Å². The second-order valence-corrected chi connectivity index (χ2v) is 10.4. The molecule has 2 N–H and O–H groups in total. The summed E-state index contributed by atoms with van der Waals surface area (Å²) in [7, 11) is 0. The van der Waals surface area contributed by atoms with Gasteiger partial charge in [0.1, 0.15) is 16.3 Å². The van der Waals surface area contributed by atoms with Crippen molar-refractivity contribution in [2.24, 2.45) is 5.92 Å². The predicted octanol–water partition coefficient (Wildman–Crippen LogP) is 4.08. The molecule has 1 amide bonds. The summed E-state index contributed by atoms with van der Waals surface area (Å²) in [4.78, 5) is 25.9. The first-order chi connectivity index (χ1) is 17.0. The molecule has 4 aromatic rings. The average Bonchev–Trinajstić information content (AvgIpc) is 3.27. The number of aryl methyl sites for hydroxylation is 1. The van der Waals surface area contributed by atoms with Gasteiger partial charge in [-0.25, -0.2) is 14.5 Å². The summed E-state index contributed by atoms with van der Waals surface area (Å²) in [6.45, 7) is 5.36. The van der Waals surface area contributed by atoms with Gasteiger partial charge in [-0.15, -0.1) is 11.3 Å². The number of fused-ring (bicyclic) bond motifs is 1. The van der Waals surface area contributed by atoms with Gasteiger partial charge < -0.3 is 20.1 Å². The lowest BCUT2D eigenvalue weighted by Crippen LogP contribution is -2.42. The van der Waals surface area contributed by atoms with Gasteiger partial charge in [-0.1, -0.05) is 5.16 Å². The molecular formula is C24H28N8O2S. The zero-order chi connectivity index (χ0) is 23.9. The van der Waals surface area contributed by atoms with E-state index in [-0.39, 0.29) is 11.9 Å². The summed E-state index contributed by atoms with van der Waals surface area (Å²) in [6, 6.07) is 4.22. The van der Waals surface area contributed by atoms with Crippen molar-refractivity contribution in [2.45, 2.75) is 51.6 Å². The lowest BCUT2D eigenvalue weighted by Gasteiger charge is -2.32. The Labute approximate surface area is 206 Å². The van der Waals surface area contributed by atoms with Crippen LogP contribution in [-0.2, 0) is 0 Å². The van der Waals surface area contributed by atoms with Gasteiger partial charge in [0, 0.05) is 48.9 Å². The van der Waals surface area contributed by atoms with E-state index in [9.17, 15) is 4.79 Å². The predicted molar refractivity (Wildman–Crippen MR) is 134 cm³/mol. The Kier molecular flexibility index (Phi) is 5.63. The van der Waals surface area contributed by atoms with E-state index >= 15 is 0 Å². The largest absolute Gasteiger partial charge is 0.367 e. The highest BCUT2D eigenvalue weighted by Gasteiger charge is 2.30. The van der Waals surface area contributed by atoms with Gasteiger partial charge in [0.15, 0.2) is 5.82 Å². The average molecular weight is 493 g/mol. The molecule has 1 saturated carbocycles. The van der Waals surface area contributed by atoms with Crippen LogP contribution < -0.4 is 10.6 Å². The topological polar surface area (TPSA) is 113 Å². The zero-order valence-corrected chi connectivity index (χ0v) is 20.6. The van der Waals surface area contributed by atoms with Crippen molar-refractivity contribution in [2.75, 3.05) is 23.7 Å². The van der Waals surface area contributed by atoms with Gasteiger partial charge in [0.2, 0.25) is 5.88 Å². The molecule has 0 spiro atoms. The molecule has 0 radical (unpaired) electrons. The minimum Gasteiger partial charge on any atom is -0.367 e. The van der Waals surface area contributed by atoms with E-state index in [1.54, 1.807) is 23.6 Å². The van der Waals surface area contributed by atoms with Crippen molar-refractivity contribution in [3.8, 4) is 11.4 Å². The molecule has 4 aromatic heterocycles. The number of piperidine rings is 1. The number of nitrogens with one attached hydrogen (secondary N) is 2. The Morgan fingerprint density at radius 2 is 2.03 bits per heavy atom. The van der Waals surface area contributed by atoms with Crippen LogP contribution in [0.25, 0.3) is 16.2 Å². The van der Waals surface area contributed by atoms with E-state index in [1.807, 2.05) is 34.0 Å². The van der Waals surface area contributed by atoms with Crippen LogP contribution in [0.1, 0.15) is 48.8 Å². The molecular weight excluding hydrogens is 464 g/mol. The number of rotatable bonds is 7. The van der Waals surface area contributed by atoms with Gasteiger partial charge in [0.25, 0.3) is 5.91 Å². The van der Waals surface area contributed by atoms with E-state index in [0.29, 0.717) is 48.3 Å². The Morgan fingerprint density at radius 3 is 2.77 bits per heavy atom. The summed E-state index contributed by atoms with van der Waals surface area (Å²) < 4.78 is 7.09. The smallest absolute Gasteiger partial charge is 0.272 e. The summed E-state index contributed by atoms with van der Waals surface area (Å²) in [6.07, 6.45) is 7.79. The molecule has 0 aromatic carbocycles. The maximum Gasteiger partial charge on any atom is 0.272 e. The molecule has 1 saturated heterocycles. The van der Waals surface area contributed by atoms with E-state index < -0.39 is 0 Å². The van der Waals surface area contributed by atoms with E-state index in [2.05, 4.69) is 27.8 Å². The van der Waals surface area contributed by atoms with E-state index in [1.165, 1.54) is 12.8 Å². The first kappa shape index (κ1) is 22.0. The number of hydrogen-bond acceptors (Lipinski definition) is 9. The Bertz CT molecular complexity index is 1350. The SMILES string of the molecule is Cc1cc(NC2CCN(C(=O)c3cc(N[C@@H](C)C4CC4)nc(-c4cnn5ccsc45)n3)CC2)on1. The molecule has 0 bridgehead atoms.